The molecule has 4 heterocycles. The molecule has 4 nitrogen and oxygen atoms in total. The zero-order valence-electron chi connectivity index (χ0n) is 12.3. The highest BCUT2D eigenvalue weighted by molar-refractivity contribution is 5.97. The molecule has 0 saturated heterocycles. The van der Waals surface area contributed by atoms with Gasteiger partial charge in [-0.1, -0.05) is 18.9 Å². The molecule has 1 unspecified atom stereocenters. The largest absolute Gasteiger partial charge is 0.344 e. The molecule has 0 saturated carbocycles. The van der Waals surface area contributed by atoms with Crippen LogP contribution in [-0.2, 0) is 6.54 Å². The molecule has 0 spiro atoms. The second-order valence-electron chi connectivity index (χ2n) is 5.70. The van der Waals surface area contributed by atoms with Crippen LogP contribution < -0.4 is 0 Å². The Morgan fingerprint density at radius 1 is 1.27 bits per heavy atom. The highest BCUT2D eigenvalue weighted by Gasteiger charge is 2.24. The Kier molecular flexibility index (Phi) is 2.87. The molecule has 4 rings (SSSR count). The third kappa shape index (κ3) is 2.11. The van der Waals surface area contributed by atoms with E-state index in [1.807, 2.05) is 58.7 Å². The van der Waals surface area contributed by atoms with Crippen molar-refractivity contribution in [3.63, 3.8) is 0 Å². The number of carbonyl (C=O) groups is 1. The van der Waals surface area contributed by atoms with Gasteiger partial charge in [0.1, 0.15) is 11.3 Å². The van der Waals surface area contributed by atoms with Gasteiger partial charge in [0, 0.05) is 36.6 Å². The van der Waals surface area contributed by atoms with E-state index in [0.717, 1.165) is 35.6 Å². The summed E-state index contributed by atoms with van der Waals surface area (Å²) >= 11 is 0. The molecule has 0 aromatic carbocycles. The number of pyridine rings is 1. The monoisotopic (exact) mass is 289 g/mol. The minimum atomic E-state index is 0.113. The lowest BCUT2D eigenvalue weighted by Crippen LogP contribution is -2.23. The molecule has 3 aromatic heterocycles. The maximum atomic E-state index is 12.1. The van der Waals surface area contributed by atoms with Gasteiger partial charge in [-0.05, 0) is 30.5 Å². The molecule has 0 bridgehead atoms. The minimum absolute atomic E-state index is 0.113. The van der Waals surface area contributed by atoms with Crippen LogP contribution in [0.25, 0.3) is 5.65 Å². The highest BCUT2D eigenvalue weighted by Crippen LogP contribution is 2.22. The number of aromatic nitrogens is 3. The van der Waals surface area contributed by atoms with Gasteiger partial charge >= 0.3 is 0 Å². The lowest BCUT2D eigenvalue weighted by atomic mass is 9.97. The summed E-state index contributed by atoms with van der Waals surface area (Å²) in [5.41, 5.74) is 3.26. The van der Waals surface area contributed by atoms with E-state index in [9.17, 15) is 4.79 Å². The van der Waals surface area contributed by atoms with Crippen molar-refractivity contribution in [3.8, 4) is 11.8 Å². The van der Waals surface area contributed by atoms with Gasteiger partial charge in [0.2, 0.25) is 0 Å². The average Bonchev–Trinajstić information content (AvgIpc) is 3.12. The first kappa shape index (κ1) is 12.9. The van der Waals surface area contributed by atoms with Gasteiger partial charge in [0.25, 0.3) is 0 Å². The van der Waals surface area contributed by atoms with Gasteiger partial charge < -0.3 is 8.97 Å². The summed E-state index contributed by atoms with van der Waals surface area (Å²) in [4.78, 5) is 16.6. The van der Waals surface area contributed by atoms with Crippen molar-refractivity contribution in [1.29, 1.82) is 0 Å². The maximum Gasteiger partial charge on any atom is 0.182 e. The van der Waals surface area contributed by atoms with Crippen LogP contribution in [0.3, 0.4) is 0 Å². The number of hydrogen-bond donors (Lipinski definition) is 0. The summed E-state index contributed by atoms with van der Waals surface area (Å²) in [6.45, 7) is 2.87. The average molecular weight is 289 g/mol. The first-order chi connectivity index (χ1) is 10.7. The van der Waals surface area contributed by atoms with E-state index in [1.54, 1.807) is 0 Å². The van der Waals surface area contributed by atoms with E-state index < -0.39 is 0 Å². The number of Topliss-reactive ketones (excluding diaryl/α,β-unsaturated/α-hetero) is 1. The predicted octanol–water partition coefficient (Wildman–Crippen LogP) is 2.76. The van der Waals surface area contributed by atoms with Crippen molar-refractivity contribution in [2.24, 2.45) is 5.92 Å². The first-order valence-corrected chi connectivity index (χ1v) is 7.41. The highest BCUT2D eigenvalue weighted by atomic mass is 16.1. The second kappa shape index (κ2) is 4.88. The maximum absolute atomic E-state index is 12.1. The van der Waals surface area contributed by atoms with Crippen molar-refractivity contribution in [3.05, 3.63) is 59.8 Å². The third-order valence-electron chi connectivity index (χ3n) is 4.10. The number of fused-ring (bicyclic) bond motifs is 2. The molecule has 4 heteroatoms. The molecular formula is C18H15N3O. The Labute approximate surface area is 128 Å². The summed E-state index contributed by atoms with van der Waals surface area (Å²) in [5, 5.41) is 0. The van der Waals surface area contributed by atoms with E-state index >= 15 is 0 Å². The van der Waals surface area contributed by atoms with Gasteiger partial charge in [-0.15, -0.1) is 0 Å². The Balaban J connectivity index is 1.67. The van der Waals surface area contributed by atoms with E-state index in [-0.39, 0.29) is 11.7 Å². The van der Waals surface area contributed by atoms with Crippen molar-refractivity contribution in [1.82, 2.24) is 14.0 Å². The first-order valence-electron chi connectivity index (χ1n) is 7.41. The van der Waals surface area contributed by atoms with Crippen LogP contribution in [0.5, 0.6) is 0 Å². The number of hydrogen-bond acceptors (Lipinski definition) is 2. The molecular weight excluding hydrogens is 274 g/mol. The minimum Gasteiger partial charge on any atom is -0.344 e. The van der Waals surface area contributed by atoms with Gasteiger partial charge in [-0.2, -0.15) is 0 Å². The van der Waals surface area contributed by atoms with Crippen LogP contribution in [0.1, 0.15) is 35.1 Å². The van der Waals surface area contributed by atoms with Gasteiger partial charge in [0.05, 0.1) is 5.69 Å². The lowest BCUT2D eigenvalue weighted by molar-refractivity contribution is 0.0891. The molecule has 1 aliphatic heterocycles. The number of imidazole rings is 1. The molecule has 0 N–H and O–H groups in total. The number of nitrogens with zero attached hydrogens (tertiary/aromatic N) is 3. The Morgan fingerprint density at radius 2 is 2.18 bits per heavy atom. The van der Waals surface area contributed by atoms with Crippen LogP contribution in [0, 0.1) is 17.8 Å². The van der Waals surface area contributed by atoms with Crippen molar-refractivity contribution >= 4 is 11.4 Å². The molecule has 22 heavy (non-hydrogen) atoms. The number of ketones is 1. The van der Waals surface area contributed by atoms with E-state index in [4.69, 9.17) is 0 Å². The van der Waals surface area contributed by atoms with Gasteiger partial charge in [-0.25, -0.2) is 4.98 Å². The summed E-state index contributed by atoms with van der Waals surface area (Å²) in [7, 11) is 0. The van der Waals surface area contributed by atoms with Crippen molar-refractivity contribution in [2.75, 3.05) is 0 Å². The summed E-state index contributed by atoms with van der Waals surface area (Å²) in [5.74, 6) is 6.52. The normalized spacial score (nSPS) is 17.1. The standard InChI is InChI=1S/C18H15N3O/c1-13-7-9-20-11-14(10-16(20)18(13)22)5-6-15-12-21-8-3-2-4-17(21)19-15/h2-4,8,10-13H,7,9H2,1H3. The molecule has 1 aliphatic rings. The molecule has 0 radical (unpaired) electrons. The SMILES string of the molecule is CC1CCn2cc(C#Cc3cn4ccccc4n3)cc2C1=O. The smallest absolute Gasteiger partial charge is 0.182 e. The van der Waals surface area contributed by atoms with Crippen molar-refractivity contribution in [2.45, 2.75) is 19.9 Å². The van der Waals surface area contributed by atoms with Crippen LogP contribution in [0.15, 0.2) is 42.9 Å². The van der Waals surface area contributed by atoms with Crippen molar-refractivity contribution < 1.29 is 4.79 Å². The summed E-state index contributed by atoms with van der Waals surface area (Å²) < 4.78 is 3.95. The van der Waals surface area contributed by atoms with Crippen LogP contribution in [0.2, 0.25) is 0 Å². The number of carbonyl (C=O) groups excluding carboxylic acids is 1. The Morgan fingerprint density at radius 3 is 3.05 bits per heavy atom. The lowest BCUT2D eigenvalue weighted by Gasteiger charge is -2.19. The van der Waals surface area contributed by atoms with Crippen LogP contribution >= 0.6 is 0 Å². The fourth-order valence-electron chi connectivity index (χ4n) is 2.82. The fraction of sp³-hybridized carbons (Fsp3) is 0.222. The summed E-state index contributed by atoms with van der Waals surface area (Å²) in [6, 6.07) is 7.75. The van der Waals surface area contributed by atoms with Gasteiger partial charge in [-0.3, -0.25) is 4.79 Å². The topological polar surface area (TPSA) is 39.3 Å². The number of aryl methyl sites for hydroxylation is 1. The number of rotatable bonds is 0. The van der Waals surface area contributed by atoms with E-state index in [2.05, 4.69) is 16.8 Å². The molecule has 0 fully saturated rings. The van der Waals surface area contributed by atoms with E-state index in [0.29, 0.717) is 0 Å². The predicted molar refractivity (Wildman–Crippen MR) is 83.7 cm³/mol. The molecule has 1 atom stereocenters. The quantitative estimate of drug-likeness (QED) is 0.597. The zero-order chi connectivity index (χ0) is 15.1. The Hall–Kier alpha value is -2.80. The molecule has 3 aromatic rings. The van der Waals surface area contributed by atoms with Crippen LogP contribution in [0.4, 0.5) is 0 Å². The molecule has 0 aliphatic carbocycles. The Bertz CT molecular complexity index is 903. The zero-order valence-corrected chi connectivity index (χ0v) is 12.3. The van der Waals surface area contributed by atoms with Gasteiger partial charge in [0.15, 0.2) is 5.78 Å². The molecule has 0 amide bonds. The van der Waals surface area contributed by atoms with Crippen LogP contribution in [-0.4, -0.2) is 19.7 Å². The summed E-state index contributed by atoms with van der Waals surface area (Å²) in [6.07, 6.45) is 6.72. The fourth-order valence-corrected chi connectivity index (χ4v) is 2.82. The third-order valence-corrected chi connectivity index (χ3v) is 4.10. The molecule has 108 valence electrons. The van der Waals surface area contributed by atoms with E-state index in [1.165, 1.54) is 0 Å². The second-order valence-corrected chi connectivity index (χ2v) is 5.70.